The Morgan fingerprint density at radius 3 is 2.65 bits per heavy atom. The molecule has 1 aliphatic heterocycles. The number of nitrogens with one attached hydrogen (secondary N) is 1. The summed E-state index contributed by atoms with van der Waals surface area (Å²) < 4.78 is 10.4. The Bertz CT molecular complexity index is 456. The molecule has 1 saturated heterocycles. The third kappa shape index (κ3) is 4.04. The van der Waals surface area contributed by atoms with Crippen molar-refractivity contribution in [3.63, 3.8) is 0 Å². The lowest BCUT2D eigenvalue weighted by Gasteiger charge is -2.24. The molecule has 2 atom stereocenters. The van der Waals surface area contributed by atoms with Gasteiger partial charge in [-0.1, -0.05) is 30.3 Å². The molecule has 0 bridgehead atoms. The van der Waals surface area contributed by atoms with Crippen molar-refractivity contribution < 1.29 is 24.2 Å². The molecule has 0 aromatic heterocycles. The fourth-order valence-electron chi connectivity index (χ4n) is 1.95. The van der Waals surface area contributed by atoms with Gasteiger partial charge in [0.2, 0.25) is 0 Å². The van der Waals surface area contributed by atoms with Gasteiger partial charge < -0.3 is 19.9 Å². The number of hydrogen-bond donors (Lipinski definition) is 2. The molecular weight excluding hydrogens is 262 g/mol. The lowest BCUT2D eigenvalue weighted by molar-refractivity contribution is -0.152. The van der Waals surface area contributed by atoms with Crippen LogP contribution in [0.15, 0.2) is 30.3 Å². The van der Waals surface area contributed by atoms with Crippen molar-refractivity contribution in [3.05, 3.63) is 35.9 Å². The van der Waals surface area contributed by atoms with Gasteiger partial charge in [-0.25, -0.2) is 4.79 Å². The maximum atomic E-state index is 11.9. The minimum atomic E-state index is -1.07. The molecule has 0 radical (unpaired) electrons. The molecule has 0 saturated carbocycles. The van der Waals surface area contributed by atoms with Gasteiger partial charge >= 0.3 is 5.97 Å². The van der Waals surface area contributed by atoms with Crippen molar-refractivity contribution in [3.8, 4) is 0 Å². The van der Waals surface area contributed by atoms with E-state index in [1.54, 1.807) is 0 Å². The predicted molar refractivity (Wildman–Crippen MR) is 70.3 cm³/mol. The number of amides is 1. The standard InChI is InChI=1S/C14H17NO5/c16-13(12-9-19-6-7-20-12)15-11(14(17)18)8-10-4-2-1-3-5-10/h1-5,11-12H,6-9H2,(H,15,16)(H,17,18)/t11-,12-/m1/s1. The van der Waals surface area contributed by atoms with Gasteiger partial charge in [0, 0.05) is 6.42 Å². The zero-order chi connectivity index (χ0) is 14.4. The molecule has 1 fully saturated rings. The summed E-state index contributed by atoms with van der Waals surface area (Å²) in [6.45, 7) is 0.953. The minimum absolute atomic E-state index is 0.156. The number of hydrogen-bond acceptors (Lipinski definition) is 4. The van der Waals surface area contributed by atoms with Gasteiger partial charge in [-0.3, -0.25) is 4.79 Å². The molecule has 0 unspecified atom stereocenters. The van der Waals surface area contributed by atoms with E-state index in [2.05, 4.69) is 5.32 Å². The average molecular weight is 279 g/mol. The molecule has 0 spiro atoms. The Morgan fingerprint density at radius 1 is 1.30 bits per heavy atom. The number of aliphatic carboxylic acids is 1. The van der Waals surface area contributed by atoms with Crippen LogP contribution in [0.25, 0.3) is 0 Å². The molecule has 1 aromatic rings. The molecule has 1 aliphatic rings. The van der Waals surface area contributed by atoms with E-state index in [0.717, 1.165) is 5.56 Å². The first-order chi connectivity index (χ1) is 9.66. The van der Waals surface area contributed by atoms with Crippen molar-refractivity contribution in [2.24, 2.45) is 0 Å². The summed E-state index contributed by atoms with van der Waals surface area (Å²) in [7, 11) is 0. The van der Waals surface area contributed by atoms with Gasteiger partial charge in [0.15, 0.2) is 6.10 Å². The third-order valence-electron chi connectivity index (χ3n) is 3.01. The topological polar surface area (TPSA) is 84.9 Å². The minimum Gasteiger partial charge on any atom is -0.480 e. The van der Waals surface area contributed by atoms with Crippen LogP contribution in [0.3, 0.4) is 0 Å². The third-order valence-corrected chi connectivity index (χ3v) is 3.01. The summed E-state index contributed by atoms with van der Waals surface area (Å²) in [6, 6.07) is 8.17. The highest BCUT2D eigenvalue weighted by Crippen LogP contribution is 2.06. The van der Waals surface area contributed by atoms with Crippen LogP contribution in [0.1, 0.15) is 5.56 Å². The zero-order valence-corrected chi connectivity index (χ0v) is 11.0. The van der Waals surface area contributed by atoms with Crippen LogP contribution in [-0.2, 0) is 25.5 Å². The first kappa shape index (κ1) is 14.5. The first-order valence-electron chi connectivity index (χ1n) is 6.43. The Kier molecular flexibility index (Phi) is 5.09. The molecule has 6 heteroatoms. The molecule has 1 amide bonds. The second kappa shape index (κ2) is 7.02. The molecule has 20 heavy (non-hydrogen) atoms. The average Bonchev–Trinajstić information content (AvgIpc) is 2.48. The van der Waals surface area contributed by atoms with Crippen LogP contribution in [0.5, 0.6) is 0 Å². The van der Waals surface area contributed by atoms with Crippen molar-refractivity contribution in [1.82, 2.24) is 5.32 Å². The summed E-state index contributed by atoms with van der Waals surface area (Å²) in [5.74, 6) is -1.52. The van der Waals surface area contributed by atoms with Crippen LogP contribution < -0.4 is 5.32 Å². The van der Waals surface area contributed by atoms with Gasteiger partial charge in [-0.05, 0) is 5.56 Å². The van der Waals surface area contributed by atoms with E-state index in [9.17, 15) is 14.7 Å². The number of carboxylic acid groups (broad SMARTS) is 1. The second-order valence-corrected chi connectivity index (χ2v) is 4.52. The number of carbonyl (C=O) groups excluding carboxylic acids is 1. The quantitative estimate of drug-likeness (QED) is 0.805. The first-order valence-corrected chi connectivity index (χ1v) is 6.43. The van der Waals surface area contributed by atoms with Crippen molar-refractivity contribution >= 4 is 11.9 Å². The van der Waals surface area contributed by atoms with Crippen molar-refractivity contribution in [1.29, 1.82) is 0 Å². The summed E-state index contributed by atoms with van der Waals surface area (Å²) in [4.78, 5) is 23.2. The number of carbonyl (C=O) groups is 2. The number of carboxylic acids is 1. The van der Waals surface area contributed by atoms with Gasteiger partial charge in [0.05, 0.1) is 19.8 Å². The lowest BCUT2D eigenvalue weighted by Crippen LogP contribution is -2.50. The van der Waals surface area contributed by atoms with E-state index in [1.807, 2.05) is 30.3 Å². The molecule has 2 N–H and O–H groups in total. The van der Waals surface area contributed by atoms with Crippen LogP contribution >= 0.6 is 0 Å². The van der Waals surface area contributed by atoms with Crippen LogP contribution in [0.2, 0.25) is 0 Å². The molecule has 2 rings (SSSR count). The Morgan fingerprint density at radius 2 is 2.05 bits per heavy atom. The summed E-state index contributed by atoms with van der Waals surface area (Å²) in [5.41, 5.74) is 0.848. The van der Waals surface area contributed by atoms with E-state index in [4.69, 9.17) is 9.47 Å². The highest BCUT2D eigenvalue weighted by atomic mass is 16.6. The van der Waals surface area contributed by atoms with Crippen LogP contribution in [-0.4, -0.2) is 48.9 Å². The normalized spacial score (nSPS) is 20.1. The van der Waals surface area contributed by atoms with E-state index in [-0.39, 0.29) is 13.0 Å². The lowest BCUT2D eigenvalue weighted by atomic mass is 10.1. The van der Waals surface area contributed by atoms with E-state index in [0.29, 0.717) is 13.2 Å². The Labute approximate surface area is 116 Å². The van der Waals surface area contributed by atoms with Gasteiger partial charge in [-0.15, -0.1) is 0 Å². The van der Waals surface area contributed by atoms with Crippen LogP contribution in [0.4, 0.5) is 0 Å². The fraction of sp³-hybridized carbons (Fsp3) is 0.429. The molecule has 108 valence electrons. The SMILES string of the molecule is O=C(O)[C@@H](Cc1ccccc1)NC(=O)[C@H]1COCCO1. The number of rotatable bonds is 5. The Balaban J connectivity index is 1.95. The van der Waals surface area contributed by atoms with Crippen molar-refractivity contribution in [2.75, 3.05) is 19.8 Å². The zero-order valence-electron chi connectivity index (χ0n) is 11.0. The van der Waals surface area contributed by atoms with Gasteiger partial charge in [-0.2, -0.15) is 0 Å². The highest BCUT2D eigenvalue weighted by Gasteiger charge is 2.27. The second-order valence-electron chi connectivity index (χ2n) is 4.52. The molecule has 1 aromatic carbocycles. The van der Waals surface area contributed by atoms with Gasteiger partial charge in [0.25, 0.3) is 5.91 Å². The summed E-state index contributed by atoms with van der Waals surface area (Å²) >= 11 is 0. The highest BCUT2D eigenvalue weighted by molar-refractivity contribution is 5.86. The van der Waals surface area contributed by atoms with E-state index in [1.165, 1.54) is 0 Å². The number of benzene rings is 1. The van der Waals surface area contributed by atoms with E-state index < -0.39 is 24.0 Å². The molecule has 0 aliphatic carbocycles. The maximum absolute atomic E-state index is 11.9. The maximum Gasteiger partial charge on any atom is 0.326 e. The smallest absolute Gasteiger partial charge is 0.326 e. The monoisotopic (exact) mass is 279 g/mol. The summed E-state index contributed by atoms with van der Waals surface area (Å²) in [5, 5.41) is 11.7. The van der Waals surface area contributed by atoms with Gasteiger partial charge in [0.1, 0.15) is 6.04 Å². The predicted octanol–water partition coefficient (Wildman–Crippen LogP) is 0.214. The summed E-state index contributed by atoms with van der Waals surface area (Å²) in [6.07, 6.45) is -0.503. The number of ether oxygens (including phenoxy) is 2. The molecule has 1 heterocycles. The van der Waals surface area contributed by atoms with Crippen LogP contribution in [0, 0.1) is 0 Å². The molecule has 6 nitrogen and oxygen atoms in total. The Hall–Kier alpha value is -1.92. The van der Waals surface area contributed by atoms with E-state index >= 15 is 0 Å². The largest absolute Gasteiger partial charge is 0.480 e. The fourth-order valence-corrected chi connectivity index (χ4v) is 1.95. The van der Waals surface area contributed by atoms with Crippen molar-refractivity contribution in [2.45, 2.75) is 18.6 Å². The molecular formula is C14H17NO5.